The van der Waals surface area contributed by atoms with Crippen molar-refractivity contribution in [2.24, 2.45) is 0 Å². The molecule has 3 rings (SSSR count). The average molecular weight is 252 g/mol. The van der Waals surface area contributed by atoms with E-state index in [9.17, 15) is 0 Å². The van der Waals surface area contributed by atoms with Gasteiger partial charge in [0.25, 0.3) is 0 Å². The highest BCUT2D eigenvalue weighted by molar-refractivity contribution is 6.17. The Bertz CT molecular complexity index is 756. The number of furan rings is 1. The van der Waals surface area contributed by atoms with Crippen LogP contribution in [0.2, 0.25) is 0 Å². The van der Waals surface area contributed by atoms with Gasteiger partial charge in [-0.1, -0.05) is 30.3 Å². The number of rotatable bonds is 2. The van der Waals surface area contributed by atoms with Gasteiger partial charge >= 0.3 is 0 Å². The third-order valence-electron chi connectivity index (χ3n) is 3.10. The number of para-hydroxylation sites is 1. The summed E-state index contributed by atoms with van der Waals surface area (Å²) in [4.78, 5) is 0. The van der Waals surface area contributed by atoms with Crippen molar-refractivity contribution in [3.63, 3.8) is 0 Å². The summed E-state index contributed by atoms with van der Waals surface area (Å²) in [5, 5.41) is 13.4. The van der Waals surface area contributed by atoms with Crippen LogP contribution in [-0.4, -0.2) is 11.9 Å². The minimum Gasteiger partial charge on any atom is -0.456 e. The predicted molar refractivity (Wildman–Crippen MR) is 78.8 cm³/mol. The molecule has 0 fully saturated rings. The largest absolute Gasteiger partial charge is 0.456 e. The molecule has 2 aromatic carbocycles. The van der Waals surface area contributed by atoms with Crippen molar-refractivity contribution in [3.05, 3.63) is 48.0 Å². The number of hydrogen-bond donors (Lipinski definition) is 2. The molecule has 0 spiro atoms. The van der Waals surface area contributed by atoms with Gasteiger partial charge in [0, 0.05) is 22.4 Å². The van der Waals surface area contributed by atoms with Gasteiger partial charge in [0.1, 0.15) is 17.0 Å². The average Bonchev–Trinajstić information content (AvgIpc) is 2.76. The Balaban J connectivity index is 2.27. The molecule has 2 N–H and O–H groups in total. The fourth-order valence-electron chi connectivity index (χ4n) is 2.35. The van der Waals surface area contributed by atoms with E-state index < -0.39 is 0 Å². The quantitative estimate of drug-likeness (QED) is 0.536. The summed E-state index contributed by atoms with van der Waals surface area (Å²) in [7, 11) is 0. The fraction of sp³-hybridized carbons (Fsp3) is 0.188. The molecule has 96 valence electrons. The second-order valence-corrected chi connectivity index (χ2v) is 4.95. The van der Waals surface area contributed by atoms with Crippen molar-refractivity contribution in [2.45, 2.75) is 19.9 Å². The molecule has 0 bridgehead atoms. The summed E-state index contributed by atoms with van der Waals surface area (Å²) < 4.78 is 5.82. The molecule has 0 atom stereocenters. The highest BCUT2D eigenvalue weighted by Gasteiger charge is 2.13. The molecule has 0 amide bonds. The summed E-state index contributed by atoms with van der Waals surface area (Å²) in [6.07, 6.45) is 0. The summed E-state index contributed by atoms with van der Waals surface area (Å²) in [5.41, 5.74) is 2.58. The Hall–Kier alpha value is -2.29. The van der Waals surface area contributed by atoms with Gasteiger partial charge in [-0.05, 0) is 26.0 Å². The van der Waals surface area contributed by atoms with Crippen LogP contribution in [0.1, 0.15) is 19.4 Å². The predicted octanol–water partition coefficient (Wildman–Crippen LogP) is 3.91. The maximum atomic E-state index is 8.20. The molecule has 19 heavy (non-hydrogen) atoms. The van der Waals surface area contributed by atoms with E-state index in [1.54, 1.807) is 0 Å². The standard InChI is InChI=1S/C16H16N2O/c1-10(2)18-16(17)12-7-5-9-14-15(12)11-6-3-4-8-13(11)19-14/h3-10H,1-2H3,(H2,17,18). The third kappa shape index (κ3) is 1.97. The lowest BCUT2D eigenvalue weighted by Gasteiger charge is -2.11. The molecular weight excluding hydrogens is 236 g/mol. The van der Waals surface area contributed by atoms with Gasteiger partial charge in [-0.2, -0.15) is 0 Å². The van der Waals surface area contributed by atoms with E-state index >= 15 is 0 Å². The SMILES string of the molecule is CC(C)NC(=N)c1cccc2oc3ccccc3c12. The summed E-state index contributed by atoms with van der Waals surface area (Å²) >= 11 is 0. The first kappa shape index (κ1) is 11.8. The van der Waals surface area contributed by atoms with E-state index in [-0.39, 0.29) is 6.04 Å². The number of amidine groups is 1. The molecule has 0 aliphatic carbocycles. The van der Waals surface area contributed by atoms with Gasteiger partial charge < -0.3 is 9.73 Å². The Morgan fingerprint density at radius 2 is 1.79 bits per heavy atom. The van der Waals surface area contributed by atoms with Crippen LogP contribution in [0, 0.1) is 5.41 Å². The maximum absolute atomic E-state index is 8.20. The van der Waals surface area contributed by atoms with E-state index in [1.165, 1.54) is 0 Å². The Morgan fingerprint density at radius 1 is 1.05 bits per heavy atom. The molecule has 0 aliphatic rings. The van der Waals surface area contributed by atoms with Gasteiger partial charge in [0.05, 0.1) is 0 Å². The van der Waals surface area contributed by atoms with Crippen LogP contribution in [0.4, 0.5) is 0 Å². The Kier molecular flexibility index (Phi) is 2.75. The van der Waals surface area contributed by atoms with E-state index in [0.717, 1.165) is 27.5 Å². The first-order valence-corrected chi connectivity index (χ1v) is 6.42. The van der Waals surface area contributed by atoms with Crippen LogP contribution in [0.3, 0.4) is 0 Å². The monoisotopic (exact) mass is 252 g/mol. The van der Waals surface area contributed by atoms with Crippen molar-refractivity contribution >= 4 is 27.8 Å². The van der Waals surface area contributed by atoms with Crippen LogP contribution in [0.25, 0.3) is 21.9 Å². The molecule has 0 saturated carbocycles. The van der Waals surface area contributed by atoms with Crippen LogP contribution in [0.15, 0.2) is 46.9 Å². The zero-order valence-electron chi connectivity index (χ0n) is 11.0. The van der Waals surface area contributed by atoms with Crippen molar-refractivity contribution in [2.75, 3.05) is 0 Å². The number of hydrogen-bond acceptors (Lipinski definition) is 2. The molecule has 0 unspecified atom stereocenters. The molecule has 0 aliphatic heterocycles. The molecule has 3 aromatic rings. The van der Waals surface area contributed by atoms with Crippen molar-refractivity contribution in [1.82, 2.24) is 5.32 Å². The minimum atomic E-state index is 0.237. The number of fused-ring (bicyclic) bond motifs is 3. The summed E-state index contributed by atoms with van der Waals surface area (Å²) in [6.45, 7) is 4.06. The first-order chi connectivity index (χ1) is 9.16. The smallest absolute Gasteiger partial charge is 0.136 e. The van der Waals surface area contributed by atoms with Crippen LogP contribution in [-0.2, 0) is 0 Å². The molecule has 3 nitrogen and oxygen atoms in total. The lowest BCUT2D eigenvalue weighted by molar-refractivity contribution is 0.669. The normalized spacial score (nSPS) is 11.3. The highest BCUT2D eigenvalue weighted by Crippen LogP contribution is 2.31. The zero-order chi connectivity index (χ0) is 13.4. The lowest BCUT2D eigenvalue weighted by Crippen LogP contribution is -2.30. The number of benzene rings is 2. The van der Waals surface area contributed by atoms with Crippen LogP contribution < -0.4 is 5.32 Å². The lowest BCUT2D eigenvalue weighted by atomic mass is 10.1. The van der Waals surface area contributed by atoms with Crippen LogP contribution >= 0.6 is 0 Å². The topological polar surface area (TPSA) is 49.0 Å². The van der Waals surface area contributed by atoms with Gasteiger partial charge in [0.15, 0.2) is 0 Å². The first-order valence-electron chi connectivity index (χ1n) is 6.42. The van der Waals surface area contributed by atoms with E-state index in [0.29, 0.717) is 5.84 Å². The van der Waals surface area contributed by atoms with E-state index in [1.807, 2.05) is 56.3 Å². The van der Waals surface area contributed by atoms with Gasteiger partial charge in [-0.3, -0.25) is 5.41 Å². The molecule has 3 heteroatoms. The van der Waals surface area contributed by atoms with Crippen molar-refractivity contribution in [1.29, 1.82) is 5.41 Å². The van der Waals surface area contributed by atoms with Gasteiger partial charge in [-0.25, -0.2) is 0 Å². The zero-order valence-corrected chi connectivity index (χ0v) is 11.0. The van der Waals surface area contributed by atoms with Gasteiger partial charge in [0.2, 0.25) is 0 Å². The number of nitrogens with one attached hydrogen (secondary N) is 2. The second-order valence-electron chi connectivity index (χ2n) is 4.95. The van der Waals surface area contributed by atoms with Crippen molar-refractivity contribution < 1.29 is 4.42 Å². The molecule has 0 saturated heterocycles. The van der Waals surface area contributed by atoms with Crippen LogP contribution in [0.5, 0.6) is 0 Å². The van der Waals surface area contributed by atoms with Crippen molar-refractivity contribution in [3.8, 4) is 0 Å². The molecule has 0 radical (unpaired) electrons. The maximum Gasteiger partial charge on any atom is 0.136 e. The Labute approximate surface area is 111 Å². The third-order valence-corrected chi connectivity index (χ3v) is 3.10. The van der Waals surface area contributed by atoms with E-state index in [2.05, 4.69) is 5.32 Å². The summed E-state index contributed by atoms with van der Waals surface area (Å²) in [5.74, 6) is 0.437. The second kappa shape index (κ2) is 4.43. The van der Waals surface area contributed by atoms with E-state index in [4.69, 9.17) is 9.83 Å². The fourth-order valence-corrected chi connectivity index (χ4v) is 2.35. The molecular formula is C16H16N2O. The minimum absolute atomic E-state index is 0.237. The molecule has 1 heterocycles. The summed E-state index contributed by atoms with van der Waals surface area (Å²) in [6, 6.07) is 14.0. The molecule has 1 aromatic heterocycles. The highest BCUT2D eigenvalue weighted by atomic mass is 16.3. The van der Waals surface area contributed by atoms with Gasteiger partial charge in [-0.15, -0.1) is 0 Å². The Morgan fingerprint density at radius 3 is 2.58 bits per heavy atom.